The Labute approximate surface area is 246 Å². The molecule has 0 aliphatic carbocycles. The van der Waals surface area contributed by atoms with Gasteiger partial charge in [-0.25, -0.2) is 4.39 Å². The van der Waals surface area contributed by atoms with Gasteiger partial charge < -0.3 is 21.3 Å². The summed E-state index contributed by atoms with van der Waals surface area (Å²) in [6, 6.07) is 17.6. The zero-order chi connectivity index (χ0) is 30.1. The number of hydrogen-bond donors (Lipinski definition) is 3. The Kier molecular flexibility index (Phi) is 10.8. The molecular weight excluding hydrogens is 533 g/mol. The number of pyridine rings is 1. The number of amides is 3. The number of hydrogen-bond acceptors (Lipinski definition) is 5. The van der Waals surface area contributed by atoms with Gasteiger partial charge in [-0.05, 0) is 74.1 Å². The van der Waals surface area contributed by atoms with E-state index in [2.05, 4.69) is 22.5 Å². The molecule has 1 saturated heterocycles. The van der Waals surface area contributed by atoms with Crippen LogP contribution in [0.25, 0.3) is 0 Å². The van der Waals surface area contributed by atoms with Gasteiger partial charge in [0, 0.05) is 48.0 Å². The lowest BCUT2D eigenvalue weighted by molar-refractivity contribution is -0.119. The number of carbonyl (C=O) groups excluding carboxylic acids is 3. The lowest BCUT2D eigenvalue weighted by atomic mass is 9.92. The summed E-state index contributed by atoms with van der Waals surface area (Å²) >= 11 is 0. The maximum atomic E-state index is 13.4. The smallest absolute Gasteiger partial charge is 0.270 e. The van der Waals surface area contributed by atoms with Crippen LogP contribution >= 0.6 is 0 Å². The van der Waals surface area contributed by atoms with Crippen LogP contribution in [0, 0.1) is 11.7 Å². The number of nitrogens with zero attached hydrogens (tertiary/aromatic N) is 2. The molecule has 1 fully saturated rings. The standard InChI is InChI=1S/C33H40FN5O3/c1-3-8-27-11-7-18-39(27)33(42)24-16-17-36-30(21-24)32(41)38-29(20-23-9-5-4-6-10-23)28(35)19-22(2)31(40)37-26-14-12-25(34)13-15-26/h4-6,9-10,12-17,21-22,27-29H,3,7-8,11,18-20,35H2,1-2H3,(H,37,40)(H,38,41)/t22-,27+,28+,29+/m1/s1. The maximum Gasteiger partial charge on any atom is 0.270 e. The summed E-state index contributed by atoms with van der Waals surface area (Å²) in [5.74, 6) is -1.63. The van der Waals surface area contributed by atoms with E-state index in [0.29, 0.717) is 30.6 Å². The molecule has 0 spiro atoms. The van der Waals surface area contributed by atoms with Crippen molar-refractivity contribution in [2.45, 2.75) is 70.5 Å². The van der Waals surface area contributed by atoms with Crippen LogP contribution in [-0.4, -0.2) is 52.3 Å². The fourth-order valence-electron chi connectivity index (χ4n) is 5.49. The molecule has 3 amide bonds. The van der Waals surface area contributed by atoms with Crippen LogP contribution in [-0.2, 0) is 11.2 Å². The summed E-state index contributed by atoms with van der Waals surface area (Å²) in [6.45, 7) is 4.60. The highest BCUT2D eigenvalue weighted by Gasteiger charge is 2.30. The molecule has 9 heteroatoms. The Morgan fingerprint density at radius 1 is 1.10 bits per heavy atom. The summed E-state index contributed by atoms with van der Waals surface area (Å²) < 4.78 is 13.2. The molecule has 0 bridgehead atoms. The number of aromatic nitrogens is 1. The summed E-state index contributed by atoms with van der Waals surface area (Å²) in [4.78, 5) is 45.7. The second-order valence-corrected chi connectivity index (χ2v) is 11.1. The summed E-state index contributed by atoms with van der Waals surface area (Å²) in [6.07, 6.45) is 6.18. The van der Waals surface area contributed by atoms with Crippen molar-refractivity contribution >= 4 is 23.4 Å². The third-order valence-electron chi connectivity index (χ3n) is 7.82. The number of anilines is 1. The molecule has 8 nitrogen and oxygen atoms in total. The van der Waals surface area contributed by atoms with E-state index in [1.807, 2.05) is 35.2 Å². The zero-order valence-corrected chi connectivity index (χ0v) is 24.3. The summed E-state index contributed by atoms with van der Waals surface area (Å²) in [5, 5.41) is 5.81. The second-order valence-electron chi connectivity index (χ2n) is 11.1. The van der Waals surface area contributed by atoms with Crippen LogP contribution in [0.1, 0.15) is 72.4 Å². The first-order valence-corrected chi connectivity index (χ1v) is 14.7. The van der Waals surface area contributed by atoms with Gasteiger partial charge >= 0.3 is 0 Å². The van der Waals surface area contributed by atoms with Crippen molar-refractivity contribution in [2.24, 2.45) is 11.7 Å². The van der Waals surface area contributed by atoms with E-state index in [9.17, 15) is 18.8 Å². The molecule has 3 aromatic rings. The van der Waals surface area contributed by atoms with Crippen LogP contribution in [0.15, 0.2) is 72.9 Å². The predicted molar refractivity (Wildman–Crippen MR) is 161 cm³/mol. The van der Waals surface area contributed by atoms with Crippen molar-refractivity contribution in [3.05, 3.63) is 95.6 Å². The lowest BCUT2D eigenvalue weighted by Gasteiger charge is -2.27. The van der Waals surface area contributed by atoms with Gasteiger partial charge in [0.2, 0.25) is 5.91 Å². The van der Waals surface area contributed by atoms with Crippen molar-refractivity contribution in [3.8, 4) is 0 Å². The van der Waals surface area contributed by atoms with Crippen LogP contribution < -0.4 is 16.4 Å². The van der Waals surface area contributed by atoms with Crippen molar-refractivity contribution < 1.29 is 18.8 Å². The van der Waals surface area contributed by atoms with Crippen LogP contribution in [0.2, 0.25) is 0 Å². The lowest BCUT2D eigenvalue weighted by Crippen LogP contribution is -2.50. The highest BCUT2D eigenvalue weighted by Crippen LogP contribution is 2.24. The molecule has 2 aromatic carbocycles. The minimum atomic E-state index is -0.563. The third kappa shape index (κ3) is 8.22. The average molecular weight is 574 g/mol. The molecule has 0 saturated carbocycles. The molecule has 42 heavy (non-hydrogen) atoms. The first-order chi connectivity index (χ1) is 20.2. The van der Waals surface area contributed by atoms with Crippen molar-refractivity contribution in [1.82, 2.24) is 15.2 Å². The minimum Gasteiger partial charge on any atom is -0.346 e. The maximum absolute atomic E-state index is 13.4. The predicted octanol–water partition coefficient (Wildman–Crippen LogP) is 4.96. The average Bonchev–Trinajstić information content (AvgIpc) is 3.46. The van der Waals surface area contributed by atoms with Crippen molar-refractivity contribution in [1.29, 1.82) is 0 Å². The number of nitrogens with two attached hydrogens (primary N) is 1. The Bertz CT molecular complexity index is 1350. The molecular formula is C33H40FN5O3. The Balaban J connectivity index is 1.46. The van der Waals surface area contributed by atoms with Crippen LogP contribution in [0.3, 0.4) is 0 Å². The van der Waals surface area contributed by atoms with E-state index in [1.165, 1.54) is 30.5 Å². The van der Waals surface area contributed by atoms with Crippen molar-refractivity contribution in [2.75, 3.05) is 11.9 Å². The first-order valence-electron chi connectivity index (χ1n) is 14.7. The third-order valence-corrected chi connectivity index (χ3v) is 7.82. The molecule has 1 aromatic heterocycles. The summed E-state index contributed by atoms with van der Waals surface area (Å²) in [7, 11) is 0. The highest BCUT2D eigenvalue weighted by atomic mass is 19.1. The van der Waals surface area contributed by atoms with Crippen LogP contribution in [0.5, 0.6) is 0 Å². The van der Waals surface area contributed by atoms with Gasteiger partial charge in [0.15, 0.2) is 0 Å². The van der Waals surface area contributed by atoms with E-state index in [1.54, 1.807) is 19.1 Å². The Hall–Kier alpha value is -4.11. The molecule has 2 heterocycles. The molecule has 4 atom stereocenters. The molecule has 1 aliphatic rings. The largest absolute Gasteiger partial charge is 0.346 e. The quantitative estimate of drug-likeness (QED) is 0.283. The monoisotopic (exact) mass is 573 g/mol. The van der Waals surface area contributed by atoms with Gasteiger partial charge in [-0.1, -0.05) is 50.6 Å². The number of rotatable bonds is 12. The van der Waals surface area contributed by atoms with E-state index in [4.69, 9.17) is 5.73 Å². The number of likely N-dealkylation sites (tertiary alicyclic amines) is 1. The number of halogens is 1. The second kappa shape index (κ2) is 14.7. The topological polar surface area (TPSA) is 117 Å². The molecule has 4 N–H and O–H groups in total. The van der Waals surface area contributed by atoms with E-state index < -0.39 is 23.9 Å². The molecule has 0 unspecified atom stereocenters. The Morgan fingerprint density at radius 2 is 1.83 bits per heavy atom. The minimum absolute atomic E-state index is 0.0825. The number of nitrogens with one attached hydrogen (secondary N) is 2. The fraction of sp³-hybridized carbons (Fsp3) is 0.394. The Morgan fingerprint density at radius 3 is 2.55 bits per heavy atom. The van der Waals surface area contributed by atoms with Gasteiger partial charge in [0.05, 0.1) is 0 Å². The molecule has 1 aliphatic heterocycles. The molecule has 0 radical (unpaired) electrons. The summed E-state index contributed by atoms with van der Waals surface area (Å²) in [5.41, 5.74) is 8.67. The molecule has 4 rings (SSSR count). The fourth-order valence-corrected chi connectivity index (χ4v) is 5.49. The van der Waals surface area contributed by atoms with E-state index in [-0.39, 0.29) is 29.4 Å². The van der Waals surface area contributed by atoms with Gasteiger partial charge in [-0.3, -0.25) is 19.4 Å². The zero-order valence-electron chi connectivity index (χ0n) is 24.3. The van der Waals surface area contributed by atoms with Gasteiger partial charge in [0.1, 0.15) is 11.5 Å². The normalized spacial score (nSPS) is 16.9. The van der Waals surface area contributed by atoms with E-state index >= 15 is 0 Å². The molecule has 222 valence electrons. The van der Waals surface area contributed by atoms with Gasteiger partial charge in [-0.2, -0.15) is 0 Å². The van der Waals surface area contributed by atoms with Crippen molar-refractivity contribution in [3.63, 3.8) is 0 Å². The number of carbonyl (C=O) groups is 3. The number of benzene rings is 2. The van der Waals surface area contributed by atoms with Gasteiger partial charge in [0.25, 0.3) is 11.8 Å². The SMILES string of the molecule is CCC[C@H]1CCCN1C(=O)c1ccnc(C(=O)N[C@@H](Cc2ccccc2)[C@@H](N)C[C@@H](C)C(=O)Nc2ccc(F)cc2)c1. The van der Waals surface area contributed by atoms with E-state index in [0.717, 1.165) is 31.2 Å². The van der Waals surface area contributed by atoms with Gasteiger partial charge in [-0.15, -0.1) is 0 Å². The first kappa shape index (κ1) is 30.8. The van der Waals surface area contributed by atoms with Crippen LogP contribution in [0.4, 0.5) is 10.1 Å². The highest BCUT2D eigenvalue weighted by molar-refractivity contribution is 5.99.